The molecule has 4 nitrogen and oxygen atoms in total. The topological polar surface area (TPSA) is 55.4 Å². The fourth-order valence-corrected chi connectivity index (χ4v) is 3.63. The molecule has 1 N–H and O–H groups in total. The molecule has 0 aliphatic carbocycles. The Hall–Kier alpha value is -1.92. The minimum Gasteiger partial charge on any atom is -0.497 e. The van der Waals surface area contributed by atoms with Crippen molar-refractivity contribution in [3.05, 3.63) is 59.4 Å². The average Bonchev–Trinajstić information content (AvgIpc) is 2.46. The Morgan fingerprint density at radius 3 is 2.32 bits per heavy atom. The highest BCUT2D eigenvalue weighted by Gasteiger charge is 2.20. The number of hydrogen-bond donors (Lipinski definition) is 1. The lowest BCUT2D eigenvalue weighted by molar-refractivity contribution is 0.414. The Balaban J connectivity index is 2.23. The standard InChI is InChI=1S/C16H18FNO3S/c1-11-10-14(17)6-9-16(11)22(19,20)18-12(2)13-4-7-15(21-3)8-5-13/h4-10,12,18H,1-3H3/t12-/m1/s1. The molecule has 0 aromatic heterocycles. The lowest BCUT2D eigenvalue weighted by Crippen LogP contribution is -2.27. The van der Waals surface area contributed by atoms with Gasteiger partial charge in [0.05, 0.1) is 12.0 Å². The first-order valence-corrected chi connectivity index (χ1v) is 8.24. The maximum atomic E-state index is 13.1. The molecule has 0 spiro atoms. The zero-order valence-electron chi connectivity index (χ0n) is 12.6. The van der Waals surface area contributed by atoms with E-state index in [2.05, 4.69) is 4.72 Å². The van der Waals surface area contributed by atoms with Crippen LogP contribution in [-0.4, -0.2) is 15.5 Å². The van der Waals surface area contributed by atoms with Crippen LogP contribution in [0.5, 0.6) is 5.75 Å². The predicted molar refractivity (Wildman–Crippen MR) is 82.9 cm³/mol. The molecule has 0 aliphatic rings. The fraction of sp³-hybridized carbons (Fsp3) is 0.250. The monoisotopic (exact) mass is 323 g/mol. The van der Waals surface area contributed by atoms with E-state index in [1.54, 1.807) is 45.2 Å². The fourth-order valence-electron chi connectivity index (χ4n) is 2.17. The first kappa shape index (κ1) is 16.5. The second kappa shape index (κ2) is 6.46. The Morgan fingerprint density at radius 2 is 1.77 bits per heavy atom. The van der Waals surface area contributed by atoms with Crippen LogP contribution in [0.1, 0.15) is 24.1 Å². The number of sulfonamides is 1. The number of ether oxygens (including phenoxy) is 1. The first-order valence-electron chi connectivity index (χ1n) is 6.76. The Labute approximate surface area is 130 Å². The van der Waals surface area contributed by atoms with Crippen LogP contribution in [-0.2, 0) is 10.0 Å². The highest BCUT2D eigenvalue weighted by Crippen LogP contribution is 2.21. The van der Waals surface area contributed by atoms with Gasteiger partial charge < -0.3 is 4.74 Å². The van der Waals surface area contributed by atoms with Crippen LogP contribution in [0.15, 0.2) is 47.4 Å². The van der Waals surface area contributed by atoms with Crippen molar-refractivity contribution in [3.63, 3.8) is 0 Å². The third kappa shape index (κ3) is 3.64. The number of halogens is 1. The molecule has 2 aromatic rings. The van der Waals surface area contributed by atoms with E-state index in [-0.39, 0.29) is 4.90 Å². The summed E-state index contributed by atoms with van der Waals surface area (Å²) in [5, 5.41) is 0. The normalized spacial score (nSPS) is 12.9. The summed E-state index contributed by atoms with van der Waals surface area (Å²) in [6.45, 7) is 3.31. The van der Waals surface area contributed by atoms with Crippen LogP contribution in [0.25, 0.3) is 0 Å². The van der Waals surface area contributed by atoms with Crippen molar-refractivity contribution >= 4 is 10.0 Å². The van der Waals surface area contributed by atoms with Crippen molar-refractivity contribution < 1.29 is 17.5 Å². The molecule has 0 saturated heterocycles. The van der Waals surface area contributed by atoms with Crippen molar-refractivity contribution in [2.45, 2.75) is 24.8 Å². The maximum absolute atomic E-state index is 13.1. The van der Waals surface area contributed by atoms with Gasteiger partial charge in [0.2, 0.25) is 10.0 Å². The predicted octanol–water partition coefficient (Wildman–Crippen LogP) is 3.18. The van der Waals surface area contributed by atoms with E-state index in [9.17, 15) is 12.8 Å². The molecule has 1 atom stereocenters. The zero-order valence-corrected chi connectivity index (χ0v) is 13.4. The Kier molecular flexibility index (Phi) is 4.83. The molecule has 0 fully saturated rings. The van der Waals surface area contributed by atoms with Crippen LogP contribution < -0.4 is 9.46 Å². The van der Waals surface area contributed by atoms with Gasteiger partial charge in [0, 0.05) is 6.04 Å². The molecule has 0 aliphatic heterocycles. The molecule has 2 rings (SSSR count). The van der Waals surface area contributed by atoms with Crippen LogP contribution in [0, 0.1) is 12.7 Å². The highest BCUT2D eigenvalue weighted by molar-refractivity contribution is 7.89. The van der Waals surface area contributed by atoms with E-state index >= 15 is 0 Å². The lowest BCUT2D eigenvalue weighted by Gasteiger charge is -2.16. The van der Waals surface area contributed by atoms with Gasteiger partial charge in [-0.15, -0.1) is 0 Å². The van der Waals surface area contributed by atoms with Gasteiger partial charge in [0.1, 0.15) is 11.6 Å². The second-order valence-electron chi connectivity index (χ2n) is 5.03. The van der Waals surface area contributed by atoms with E-state index in [1.807, 2.05) is 0 Å². The first-order chi connectivity index (χ1) is 10.3. The van der Waals surface area contributed by atoms with Gasteiger partial charge in [-0.25, -0.2) is 17.5 Å². The van der Waals surface area contributed by atoms with Gasteiger partial charge in [-0.2, -0.15) is 0 Å². The van der Waals surface area contributed by atoms with Gasteiger partial charge in [-0.05, 0) is 55.3 Å². The molecule has 0 amide bonds. The SMILES string of the molecule is COc1ccc([C@@H](C)NS(=O)(=O)c2ccc(F)cc2C)cc1. The number of methoxy groups -OCH3 is 1. The van der Waals surface area contributed by atoms with Crippen molar-refractivity contribution in [1.29, 1.82) is 0 Å². The van der Waals surface area contributed by atoms with E-state index in [4.69, 9.17) is 4.74 Å². The van der Waals surface area contributed by atoms with E-state index in [0.29, 0.717) is 11.3 Å². The third-order valence-corrected chi connectivity index (χ3v) is 5.08. The summed E-state index contributed by atoms with van der Waals surface area (Å²) in [5.74, 6) is 0.243. The summed E-state index contributed by atoms with van der Waals surface area (Å²) in [7, 11) is -2.15. The van der Waals surface area contributed by atoms with Crippen molar-refractivity contribution in [2.24, 2.45) is 0 Å². The average molecular weight is 323 g/mol. The summed E-state index contributed by atoms with van der Waals surface area (Å²) in [6.07, 6.45) is 0. The molecule has 22 heavy (non-hydrogen) atoms. The summed E-state index contributed by atoms with van der Waals surface area (Å²) in [4.78, 5) is 0.0780. The maximum Gasteiger partial charge on any atom is 0.241 e. The summed E-state index contributed by atoms with van der Waals surface area (Å²) < 4.78 is 45.6. The molecular formula is C16H18FNO3S. The van der Waals surface area contributed by atoms with Gasteiger partial charge in [0.25, 0.3) is 0 Å². The summed E-state index contributed by atoms with van der Waals surface area (Å²) >= 11 is 0. The minimum absolute atomic E-state index is 0.0780. The van der Waals surface area contributed by atoms with Crippen molar-refractivity contribution in [3.8, 4) is 5.75 Å². The summed E-state index contributed by atoms with van der Waals surface area (Å²) in [5.41, 5.74) is 1.18. The number of hydrogen-bond acceptors (Lipinski definition) is 3. The molecule has 2 aromatic carbocycles. The van der Waals surface area contributed by atoms with Crippen molar-refractivity contribution in [1.82, 2.24) is 4.72 Å². The van der Waals surface area contributed by atoms with Gasteiger partial charge in [-0.3, -0.25) is 0 Å². The molecule has 0 unspecified atom stereocenters. The molecular weight excluding hydrogens is 305 g/mol. The quantitative estimate of drug-likeness (QED) is 0.919. The number of aryl methyl sites for hydroxylation is 1. The van der Waals surface area contributed by atoms with E-state index in [0.717, 1.165) is 11.6 Å². The highest BCUT2D eigenvalue weighted by atomic mass is 32.2. The molecule has 0 heterocycles. The smallest absolute Gasteiger partial charge is 0.241 e. The van der Waals surface area contributed by atoms with E-state index in [1.165, 1.54) is 12.1 Å². The number of benzene rings is 2. The molecule has 118 valence electrons. The Bertz CT molecular complexity index is 757. The second-order valence-corrected chi connectivity index (χ2v) is 6.71. The van der Waals surface area contributed by atoms with Crippen LogP contribution in [0.3, 0.4) is 0 Å². The lowest BCUT2D eigenvalue weighted by atomic mass is 10.1. The summed E-state index contributed by atoms with van der Waals surface area (Å²) in [6, 6.07) is 10.3. The van der Waals surface area contributed by atoms with Crippen LogP contribution in [0.2, 0.25) is 0 Å². The number of nitrogens with one attached hydrogen (secondary N) is 1. The minimum atomic E-state index is -3.72. The molecule has 0 radical (unpaired) electrons. The molecule has 0 bridgehead atoms. The van der Waals surface area contributed by atoms with Gasteiger partial charge in [0.15, 0.2) is 0 Å². The Morgan fingerprint density at radius 1 is 1.14 bits per heavy atom. The third-order valence-electron chi connectivity index (χ3n) is 3.37. The van der Waals surface area contributed by atoms with Gasteiger partial charge in [-0.1, -0.05) is 12.1 Å². The van der Waals surface area contributed by atoms with E-state index < -0.39 is 21.9 Å². The van der Waals surface area contributed by atoms with Gasteiger partial charge >= 0.3 is 0 Å². The number of rotatable bonds is 5. The molecule has 6 heteroatoms. The van der Waals surface area contributed by atoms with Crippen molar-refractivity contribution in [2.75, 3.05) is 7.11 Å². The van der Waals surface area contributed by atoms with Crippen LogP contribution in [0.4, 0.5) is 4.39 Å². The van der Waals surface area contributed by atoms with Crippen LogP contribution >= 0.6 is 0 Å². The zero-order chi connectivity index (χ0) is 16.3. The largest absolute Gasteiger partial charge is 0.497 e. The molecule has 0 saturated carbocycles.